The molecule has 0 N–H and O–H groups in total. The molecule has 1 radical (unpaired) electrons. The molecule has 0 amide bonds. The van der Waals surface area contributed by atoms with Gasteiger partial charge in [-0.15, -0.1) is 0 Å². The smallest absolute Gasteiger partial charge is 0.0991 e. The highest BCUT2D eigenvalue weighted by Gasteiger charge is 1.96. The van der Waals surface area contributed by atoms with Crippen molar-refractivity contribution in [3.63, 3.8) is 0 Å². The number of nitriles is 1. The first-order valence-corrected chi connectivity index (χ1v) is 5.18. The van der Waals surface area contributed by atoms with Crippen LogP contribution in [0.1, 0.15) is 16.8 Å². The molecule has 2 heteroatoms. The molecule has 2 aromatic rings. The Kier molecular flexibility index (Phi) is 3.30. The molecule has 0 spiro atoms. The van der Waals surface area contributed by atoms with E-state index in [1.165, 1.54) is 5.56 Å². The van der Waals surface area contributed by atoms with Crippen molar-refractivity contribution in [2.45, 2.75) is 12.8 Å². The quantitative estimate of drug-likeness (QED) is 0.775. The first kappa shape index (κ1) is 10.4. The summed E-state index contributed by atoms with van der Waals surface area (Å²) in [6.45, 7) is 0. The molecular weight excluding hydrogens is 196 g/mol. The summed E-state index contributed by atoms with van der Waals surface area (Å²) >= 11 is 0. The van der Waals surface area contributed by atoms with Crippen molar-refractivity contribution in [3.05, 3.63) is 65.5 Å². The lowest BCUT2D eigenvalue weighted by atomic mass is 10.1. The van der Waals surface area contributed by atoms with Crippen LogP contribution >= 0.6 is 0 Å². The second-order valence-corrected chi connectivity index (χ2v) is 3.56. The molecule has 0 fully saturated rings. The first-order chi connectivity index (χ1) is 7.88. The van der Waals surface area contributed by atoms with Gasteiger partial charge in [0.25, 0.3) is 0 Å². The number of pyridine rings is 1. The Hall–Kier alpha value is -2.14. The fraction of sp³-hybridized carbons (Fsp3) is 0.143. The van der Waals surface area contributed by atoms with Gasteiger partial charge in [-0.05, 0) is 36.6 Å². The van der Waals surface area contributed by atoms with E-state index in [1.807, 2.05) is 36.4 Å². The Labute approximate surface area is 95.2 Å². The first-order valence-electron chi connectivity index (χ1n) is 5.18. The van der Waals surface area contributed by atoms with Crippen molar-refractivity contribution in [3.8, 4) is 6.07 Å². The van der Waals surface area contributed by atoms with Crippen LogP contribution in [0.25, 0.3) is 0 Å². The van der Waals surface area contributed by atoms with Crippen LogP contribution in [0.3, 0.4) is 0 Å². The summed E-state index contributed by atoms with van der Waals surface area (Å²) in [6.07, 6.45) is 3.55. The average Bonchev–Trinajstić information content (AvgIpc) is 2.38. The SMILES string of the molecule is N#Cc1ccc(CCc2cc[c]cn2)cc1. The van der Waals surface area contributed by atoms with E-state index in [4.69, 9.17) is 5.26 Å². The molecular formula is C14H11N2. The molecule has 0 saturated carbocycles. The van der Waals surface area contributed by atoms with Gasteiger partial charge in [-0.2, -0.15) is 5.26 Å². The van der Waals surface area contributed by atoms with Crippen molar-refractivity contribution in [2.75, 3.05) is 0 Å². The molecule has 77 valence electrons. The number of hydrogen-bond donors (Lipinski definition) is 0. The van der Waals surface area contributed by atoms with E-state index in [9.17, 15) is 0 Å². The molecule has 2 rings (SSSR count). The second kappa shape index (κ2) is 5.09. The lowest BCUT2D eigenvalue weighted by molar-refractivity contribution is 0.913. The summed E-state index contributed by atoms with van der Waals surface area (Å²) in [4.78, 5) is 4.22. The highest BCUT2D eigenvalue weighted by molar-refractivity contribution is 5.31. The summed E-state index contributed by atoms with van der Waals surface area (Å²) in [6, 6.07) is 16.5. The lowest BCUT2D eigenvalue weighted by Gasteiger charge is -2.01. The normalized spacial score (nSPS) is 9.69. The van der Waals surface area contributed by atoms with Gasteiger partial charge in [0.15, 0.2) is 0 Å². The van der Waals surface area contributed by atoms with E-state index >= 15 is 0 Å². The van der Waals surface area contributed by atoms with Crippen molar-refractivity contribution < 1.29 is 0 Å². The molecule has 0 unspecified atom stereocenters. The molecule has 0 aliphatic rings. The summed E-state index contributed by atoms with van der Waals surface area (Å²) < 4.78 is 0. The van der Waals surface area contributed by atoms with Crippen LogP contribution in [0.5, 0.6) is 0 Å². The number of rotatable bonds is 3. The Morgan fingerprint density at radius 2 is 1.94 bits per heavy atom. The van der Waals surface area contributed by atoms with Gasteiger partial charge in [-0.25, -0.2) is 0 Å². The monoisotopic (exact) mass is 207 g/mol. The predicted molar refractivity (Wildman–Crippen MR) is 61.6 cm³/mol. The van der Waals surface area contributed by atoms with Crippen molar-refractivity contribution in [1.82, 2.24) is 4.98 Å². The van der Waals surface area contributed by atoms with Gasteiger partial charge in [0.2, 0.25) is 0 Å². The largest absolute Gasteiger partial charge is 0.261 e. The number of nitrogens with zero attached hydrogens (tertiary/aromatic N) is 2. The van der Waals surface area contributed by atoms with Crippen LogP contribution in [0.4, 0.5) is 0 Å². The van der Waals surface area contributed by atoms with E-state index in [0.717, 1.165) is 18.5 Å². The molecule has 0 aliphatic carbocycles. The van der Waals surface area contributed by atoms with Gasteiger partial charge >= 0.3 is 0 Å². The summed E-state index contributed by atoms with van der Waals surface area (Å²) in [5.74, 6) is 0. The van der Waals surface area contributed by atoms with E-state index in [-0.39, 0.29) is 0 Å². The minimum Gasteiger partial charge on any atom is -0.261 e. The highest BCUT2D eigenvalue weighted by atomic mass is 14.7. The van der Waals surface area contributed by atoms with Gasteiger partial charge in [0, 0.05) is 18.0 Å². The van der Waals surface area contributed by atoms with Crippen LogP contribution < -0.4 is 0 Å². The third-order valence-electron chi connectivity index (χ3n) is 2.43. The molecule has 0 bridgehead atoms. The zero-order chi connectivity index (χ0) is 11.2. The van der Waals surface area contributed by atoms with Crippen LogP contribution in [-0.2, 0) is 12.8 Å². The maximum Gasteiger partial charge on any atom is 0.0991 e. The third-order valence-corrected chi connectivity index (χ3v) is 2.43. The number of aryl methyl sites for hydroxylation is 2. The minimum absolute atomic E-state index is 0.705. The molecule has 1 aromatic carbocycles. The number of benzene rings is 1. The van der Waals surface area contributed by atoms with Gasteiger partial charge in [0.1, 0.15) is 0 Å². The molecule has 0 saturated heterocycles. The van der Waals surface area contributed by atoms with Gasteiger partial charge < -0.3 is 0 Å². The minimum atomic E-state index is 0.705. The van der Waals surface area contributed by atoms with Crippen LogP contribution in [0.15, 0.2) is 42.6 Å². The molecule has 0 atom stereocenters. The standard InChI is InChI=1S/C14H11N2/c15-11-13-6-4-12(5-7-13)8-9-14-3-1-2-10-16-14/h1,3-7,10H,8-9H2. The average molecular weight is 207 g/mol. The van der Waals surface area contributed by atoms with Crippen molar-refractivity contribution in [1.29, 1.82) is 5.26 Å². The fourth-order valence-electron chi connectivity index (χ4n) is 1.52. The van der Waals surface area contributed by atoms with Gasteiger partial charge in [-0.3, -0.25) is 4.98 Å². The predicted octanol–water partition coefficient (Wildman–Crippen LogP) is 2.54. The topological polar surface area (TPSA) is 36.7 Å². The Morgan fingerprint density at radius 1 is 1.12 bits per heavy atom. The fourth-order valence-corrected chi connectivity index (χ4v) is 1.52. The van der Waals surface area contributed by atoms with Gasteiger partial charge in [-0.1, -0.05) is 18.2 Å². The zero-order valence-corrected chi connectivity index (χ0v) is 8.85. The van der Waals surface area contributed by atoms with E-state index in [1.54, 1.807) is 6.20 Å². The molecule has 16 heavy (non-hydrogen) atoms. The molecule has 2 nitrogen and oxygen atoms in total. The third kappa shape index (κ3) is 2.68. The zero-order valence-electron chi connectivity index (χ0n) is 8.85. The van der Waals surface area contributed by atoms with Gasteiger partial charge in [0.05, 0.1) is 11.6 Å². The lowest BCUT2D eigenvalue weighted by Crippen LogP contribution is -1.93. The Bertz CT molecular complexity index is 480. The van der Waals surface area contributed by atoms with Crippen LogP contribution in [-0.4, -0.2) is 4.98 Å². The summed E-state index contributed by atoms with van der Waals surface area (Å²) in [5.41, 5.74) is 3.01. The van der Waals surface area contributed by atoms with E-state index < -0.39 is 0 Å². The van der Waals surface area contributed by atoms with Crippen molar-refractivity contribution >= 4 is 0 Å². The Morgan fingerprint density at radius 3 is 2.56 bits per heavy atom. The van der Waals surface area contributed by atoms with Crippen molar-refractivity contribution in [2.24, 2.45) is 0 Å². The number of aromatic nitrogens is 1. The summed E-state index contributed by atoms with van der Waals surface area (Å²) in [7, 11) is 0. The maximum atomic E-state index is 8.67. The molecule has 1 heterocycles. The number of hydrogen-bond acceptors (Lipinski definition) is 2. The maximum absolute atomic E-state index is 8.67. The van der Waals surface area contributed by atoms with Crippen LogP contribution in [0.2, 0.25) is 0 Å². The van der Waals surface area contributed by atoms with Crippen LogP contribution in [0, 0.1) is 17.4 Å². The highest BCUT2D eigenvalue weighted by Crippen LogP contribution is 2.07. The van der Waals surface area contributed by atoms with E-state index in [0.29, 0.717) is 5.56 Å². The Balaban J connectivity index is 1.98. The van der Waals surface area contributed by atoms with E-state index in [2.05, 4.69) is 17.1 Å². The molecule has 1 aromatic heterocycles. The summed E-state index contributed by atoms with van der Waals surface area (Å²) in [5, 5.41) is 8.67. The molecule has 0 aliphatic heterocycles. The second-order valence-electron chi connectivity index (χ2n) is 3.56.